The molecule has 3 unspecified atom stereocenters. The number of alkyl halides is 3. The van der Waals surface area contributed by atoms with Gasteiger partial charge in [-0.3, -0.25) is 34.0 Å². The maximum Gasteiger partial charge on any atom is 0.325 e. The molecule has 1 fully saturated rings. The van der Waals surface area contributed by atoms with Gasteiger partial charge in [0.2, 0.25) is 15.6 Å². The summed E-state index contributed by atoms with van der Waals surface area (Å²) in [4.78, 5) is 65.3. The van der Waals surface area contributed by atoms with E-state index in [-0.39, 0.29) is 18.3 Å². The van der Waals surface area contributed by atoms with Crippen molar-refractivity contribution in [1.82, 2.24) is 26.1 Å². The van der Waals surface area contributed by atoms with E-state index in [2.05, 4.69) is 28.0 Å². The number of amides is 3. The highest BCUT2D eigenvalue weighted by Crippen LogP contribution is 2.26. The second kappa shape index (κ2) is 21.0. The van der Waals surface area contributed by atoms with Crippen LogP contribution >= 0.6 is 34.8 Å². The minimum absolute atomic E-state index is 0.250. The molecule has 4 N–H and O–H groups in total. The zero-order chi connectivity index (χ0) is 38.2. The van der Waals surface area contributed by atoms with E-state index < -0.39 is 51.7 Å². The summed E-state index contributed by atoms with van der Waals surface area (Å²) in [5.41, 5.74) is 4.69. The normalized spacial score (nSPS) is 15.9. The second-order valence-electron chi connectivity index (χ2n) is 12.2. The van der Waals surface area contributed by atoms with Gasteiger partial charge in [-0.1, -0.05) is 99.8 Å². The number of carbonyl (C=O) groups is 5. The van der Waals surface area contributed by atoms with Crippen LogP contribution in [0.3, 0.4) is 0 Å². The zero-order valence-corrected chi connectivity index (χ0v) is 32.2. The largest absolute Gasteiger partial charge is 0.483 e. The number of rotatable bonds is 11. The Balaban J connectivity index is 0.00000237. The molecule has 1 aliphatic rings. The number of hydrogen-bond acceptors (Lipinski definition) is 8. The maximum atomic E-state index is 13.4. The number of halogens is 3. The third kappa shape index (κ3) is 14.4. The number of aromatic nitrogens is 1. The van der Waals surface area contributed by atoms with Gasteiger partial charge in [0, 0.05) is 17.6 Å². The molecule has 1 aromatic heterocycles. The molecule has 2 heterocycles. The van der Waals surface area contributed by atoms with Crippen LogP contribution in [0, 0.1) is 11.3 Å². The summed E-state index contributed by atoms with van der Waals surface area (Å²) in [5.74, 6) is -2.21. The first kappa shape index (κ1) is 44.6. The van der Waals surface area contributed by atoms with E-state index in [9.17, 15) is 19.2 Å². The topological polar surface area (TPSA) is 167 Å². The molecule has 0 radical (unpaired) electrons. The molecular weight excluding hydrogens is 709 g/mol. The number of hydrazine groups is 1. The average Bonchev–Trinajstić information content (AvgIpc) is 3.08. The lowest BCUT2D eigenvalue weighted by Gasteiger charge is -2.35. The van der Waals surface area contributed by atoms with E-state index in [1.165, 1.54) is 5.01 Å². The Morgan fingerprint density at radius 2 is 1.72 bits per heavy atom. The van der Waals surface area contributed by atoms with Gasteiger partial charge in [0.05, 0.1) is 10.9 Å². The van der Waals surface area contributed by atoms with Gasteiger partial charge in [-0.15, -0.1) is 0 Å². The van der Waals surface area contributed by atoms with Crippen molar-refractivity contribution in [2.45, 2.75) is 96.6 Å². The highest BCUT2D eigenvalue weighted by atomic mass is 35.6. The van der Waals surface area contributed by atoms with Gasteiger partial charge in [0.15, 0.2) is 0 Å². The quantitative estimate of drug-likeness (QED) is 0.129. The van der Waals surface area contributed by atoms with Crippen molar-refractivity contribution in [1.29, 1.82) is 0 Å². The van der Waals surface area contributed by atoms with Gasteiger partial charge in [0.25, 0.3) is 12.4 Å². The fourth-order valence-corrected chi connectivity index (χ4v) is 4.85. The first-order valence-electron chi connectivity index (χ1n) is 16.5. The molecule has 0 saturated carbocycles. The van der Waals surface area contributed by atoms with Gasteiger partial charge >= 0.3 is 5.97 Å². The van der Waals surface area contributed by atoms with Crippen molar-refractivity contribution in [2.24, 2.45) is 11.3 Å². The molecule has 12 nitrogen and oxygen atoms in total. The average molecular weight is 759 g/mol. The van der Waals surface area contributed by atoms with Crippen LogP contribution in [-0.4, -0.2) is 80.3 Å². The molecule has 50 heavy (non-hydrogen) atoms. The number of carboxylic acid groups (broad SMARTS) is 1. The molecule has 1 saturated heterocycles. The Bertz CT molecular complexity index is 1480. The zero-order valence-electron chi connectivity index (χ0n) is 29.9. The van der Waals surface area contributed by atoms with E-state index in [1.807, 2.05) is 64.1 Å². The predicted octanol–water partition coefficient (Wildman–Crippen LogP) is 5.62. The lowest BCUT2D eigenvalue weighted by Crippen LogP contribution is -2.61. The van der Waals surface area contributed by atoms with Gasteiger partial charge < -0.3 is 20.5 Å². The van der Waals surface area contributed by atoms with E-state index in [4.69, 9.17) is 49.4 Å². The second-order valence-corrected chi connectivity index (χ2v) is 14.7. The smallest absolute Gasteiger partial charge is 0.325 e. The van der Waals surface area contributed by atoms with Crippen LogP contribution in [0.15, 0.2) is 36.4 Å². The lowest BCUT2D eigenvalue weighted by molar-refractivity contribution is -0.153. The summed E-state index contributed by atoms with van der Waals surface area (Å²) in [6, 6.07) is 7.36. The molecular formula is C35H50Cl3N5O7. The van der Waals surface area contributed by atoms with Crippen molar-refractivity contribution in [3.05, 3.63) is 47.7 Å². The Labute approximate surface area is 309 Å². The van der Waals surface area contributed by atoms with Crippen molar-refractivity contribution in [3.8, 4) is 0 Å². The monoisotopic (exact) mass is 757 g/mol. The van der Waals surface area contributed by atoms with E-state index in [0.29, 0.717) is 19.4 Å². The van der Waals surface area contributed by atoms with E-state index >= 15 is 0 Å². The summed E-state index contributed by atoms with van der Waals surface area (Å²) in [6.07, 6.45) is 5.46. The maximum absolute atomic E-state index is 13.4. The fourth-order valence-electron chi connectivity index (χ4n) is 4.69. The molecule has 3 rings (SSSR count). The molecule has 3 amide bonds. The molecule has 0 bridgehead atoms. The third-order valence-electron chi connectivity index (χ3n) is 7.49. The highest BCUT2D eigenvalue weighted by Gasteiger charge is 2.35. The predicted molar refractivity (Wildman–Crippen MR) is 197 cm³/mol. The van der Waals surface area contributed by atoms with Crippen LogP contribution in [0.2, 0.25) is 0 Å². The Kier molecular flexibility index (Phi) is 18.8. The van der Waals surface area contributed by atoms with Crippen molar-refractivity contribution >= 4 is 81.9 Å². The summed E-state index contributed by atoms with van der Waals surface area (Å²) < 4.78 is 3.29. The Hall–Kier alpha value is -3.45. The van der Waals surface area contributed by atoms with Crippen molar-refractivity contribution < 1.29 is 33.8 Å². The first-order valence-corrected chi connectivity index (χ1v) is 17.6. The van der Waals surface area contributed by atoms with Gasteiger partial charge in [-0.05, 0) is 63.6 Å². The van der Waals surface area contributed by atoms with Crippen LogP contribution in [0.1, 0.15) is 79.5 Å². The van der Waals surface area contributed by atoms with Crippen LogP contribution in [0.4, 0.5) is 0 Å². The summed E-state index contributed by atoms with van der Waals surface area (Å²) in [6.45, 7) is 14.4. The number of carbonyl (C=O) groups excluding carboxylic acids is 4. The number of pyridine rings is 1. The molecule has 1 aromatic carbocycles. The van der Waals surface area contributed by atoms with E-state index in [0.717, 1.165) is 28.6 Å². The number of esters is 1. The molecule has 15 heteroatoms. The Morgan fingerprint density at radius 3 is 2.30 bits per heavy atom. The van der Waals surface area contributed by atoms with Gasteiger partial charge in [-0.25, -0.2) is 5.43 Å². The fraction of sp³-hybridized carbons (Fsp3) is 0.543. The molecule has 3 atom stereocenters. The summed E-state index contributed by atoms with van der Waals surface area (Å²) >= 11 is 17.0. The van der Waals surface area contributed by atoms with E-state index in [1.54, 1.807) is 26.8 Å². The number of ether oxygens (including phenoxy) is 1. The van der Waals surface area contributed by atoms with Crippen molar-refractivity contribution in [3.63, 3.8) is 0 Å². The SMILES string of the molecule is CC.CCc1ccc2ccc(/C=C/C(C)(C)C(=O)NC(C(=O)NC(C)C(=O)N3CCCC(C(=O)OCC(Cl)(Cl)Cl)N3)C(C)C)cc2n1.O=CO. The third-order valence-corrected chi connectivity index (χ3v) is 7.82. The van der Waals surface area contributed by atoms with Crippen molar-refractivity contribution in [2.75, 3.05) is 13.2 Å². The molecule has 0 aliphatic carbocycles. The summed E-state index contributed by atoms with van der Waals surface area (Å²) in [7, 11) is 0. The number of aryl methyl sites for hydroxylation is 1. The summed E-state index contributed by atoms with van der Waals surface area (Å²) in [5, 5.41) is 14.8. The van der Waals surface area contributed by atoms with Gasteiger partial charge in [0.1, 0.15) is 24.7 Å². The number of hydrogen-bond donors (Lipinski definition) is 4. The van der Waals surface area contributed by atoms with Crippen LogP contribution in [0.5, 0.6) is 0 Å². The molecule has 2 aromatic rings. The standard InChI is InChI=1S/C32H42Cl3N5O5.C2H6.CH2O2/c1-7-23-13-12-22-11-10-21(17-25(22)37-23)14-15-31(5,6)30(44)38-26(19(2)3)27(41)36-20(4)28(42)40-16-8-9-24(39-40)29(43)45-18-32(33,34)35;1-2;2-1-3/h10-15,17,19-20,24,26,39H,7-9,16,18H2,1-6H3,(H,36,41)(H,38,44);1-2H3;1H,(H,2,3)/b15-14+;;. The molecule has 1 aliphatic heterocycles. The minimum atomic E-state index is -1.75. The number of nitrogens with one attached hydrogen (secondary N) is 3. The minimum Gasteiger partial charge on any atom is -0.483 e. The molecule has 0 spiro atoms. The van der Waals surface area contributed by atoms with Gasteiger partial charge in [-0.2, -0.15) is 0 Å². The van der Waals surface area contributed by atoms with Crippen LogP contribution < -0.4 is 16.1 Å². The van der Waals surface area contributed by atoms with Crippen LogP contribution in [0.25, 0.3) is 17.0 Å². The van der Waals surface area contributed by atoms with Crippen LogP contribution in [-0.2, 0) is 35.1 Å². The first-order chi connectivity index (χ1) is 23.4. The number of fused-ring (bicyclic) bond motifs is 1. The Morgan fingerprint density at radius 1 is 1.10 bits per heavy atom. The molecule has 278 valence electrons. The lowest BCUT2D eigenvalue weighted by atomic mass is 9.89. The highest BCUT2D eigenvalue weighted by molar-refractivity contribution is 6.67. The number of nitrogens with zero attached hydrogens (tertiary/aromatic N) is 2. The number of benzene rings is 1.